The van der Waals surface area contributed by atoms with Gasteiger partial charge in [0.25, 0.3) is 0 Å². The fourth-order valence-corrected chi connectivity index (χ4v) is 4.49. The molecule has 27 heavy (non-hydrogen) atoms. The first kappa shape index (κ1) is 20.2. The number of piperidine rings is 1. The average Bonchev–Trinajstić information content (AvgIpc) is 2.67. The minimum atomic E-state index is 0.336. The highest BCUT2D eigenvalue weighted by Gasteiger charge is 2.30. The van der Waals surface area contributed by atoms with Crippen LogP contribution in [0.5, 0.6) is 17.2 Å². The Kier molecular flexibility index (Phi) is 6.84. The van der Waals surface area contributed by atoms with Gasteiger partial charge in [0.1, 0.15) is 0 Å². The number of likely N-dealkylation sites (tertiary alicyclic amines) is 1. The van der Waals surface area contributed by atoms with E-state index >= 15 is 0 Å². The van der Waals surface area contributed by atoms with Crippen molar-refractivity contribution in [1.82, 2.24) is 9.80 Å². The summed E-state index contributed by atoms with van der Waals surface area (Å²) in [5.41, 5.74) is 1.14. The Labute approximate surface area is 163 Å². The van der Waals surface area contributed by atoms with Crippen LogP contribution in [0.3, 0.4) is 0 Å². The topological polar surface area (TPSA) is 43.4 Å². The van der Waals surface area contributed by atoms with E-state index in [4.69, 9.17) is 18.9 Å². The number of nitrogens with zero attached hydrogens (tertiary/aromatic N) is 2. The number of methoxy groups -OCH3 is 3. The molecule has 0 aliphatic carbocycles. The van der Waals surface area contributed by atoms with E-state index in [1.807, 2.05) is 6.07 Å². The van der Waals surface area contributed by atoms with Gasteiger partial charge in [-0.1, -0.05) is 6.07 Å². The maximum Gasteiger partial charge on any atom is 0.203 e. The number of benzene rings is 1. The zero-order chi connectivity index (χ0) is 19.4. The lowest BCUT2D eigenvalue weighted by Gasteiger charge is -2.43. The van der Waals surface area contributed by atoms with Gasteiger partial charge in [0, 0.05) is 31.2 Å². The molecular weight excluding hydrogens is 344 g/mol. The van der Waals surface area contributed by atoms with E-state index in [1.165, 1.54) is 12.8 Å². The van der Waals surface area contributed by atoms with Gasteiger partial charge in [-0.15, -0.1) is 0 Å². The summed E-state index contributed by atoms with van der Waals surface area (Å²) in [4.78, 5) is 5.14. The van der Waals surface area contributed by atoms with Gasteiger partial charge in [-0.25, -0.2) is 0 Å². The van der Waals surface area contributed by atoms with Gasteiger partial charge < -0.3 is 18.9 Å². The van der Waals surface area contributed by atoms with E-state index in [9.17, 15) is 0 Å². The molecule has 0 amide bonds. The Morgan fingerprint density at radius 2 is 1.56 bits per heavy atom. The maximum absolute atomic E-state index is 5.89. The summed E-state index contributed by atoms with van der Waals surface area (Å²) in [5, 5.41) is 0. The molecule has 3 rings (SSSR count). The van der Waals surface area contributed by atoms with Crippen molar-refractivity contribution in [2.45, 2.75) is 51.5 Å². The van der Waals surface area contributed by atoms with Crippen LogP contribution in [-0.2, 0) is 11.3 Å². The molecule has 0 radical (unpaired) electrons. The van der Waals surface area contributed by atoms with Gasteiger partial charge in [0.05, 0.1) is 33.5 Å². The molecule has 6 heteroatoms. The average molecular weight is 379 g/mol. The summed E-state index contributed by atoms with van der Waals surface area (Å²) < 4.78 is 22.4. The third-order valence-corrected chi connectivity index (χ3v) is 5.70. The number of rotatable bonds is 6. The highest BCUT2D eigenvalue weighted by molar-refractivity contribution is 5.55. The lowest BCUT2D eigenvalue weighted by atomic mass is 10.0. The van der Waals surface area contributed by atoms with E-state index in [0.29, 0.717) is 29.7 Å². The minimum absolute atomic E-state index is 0.336. The van der Waals surface area contributed by atoms with Crippen LogP contribution in [0.2, 0.25) is 0 Å². The van der Waals surface area contributed by atoms with Gasteiger partial charge in [-0.05, 0) is 45.8 Å². The van der Waals surface area contributed by atoms with Gasteiger partial charge >= 0.3 is 0 Å². The van der Waals surface area contributed by atoms with Crippen molar-refractivity contribution in [2.75, 3.05) is 47.5 Å². The summed E-state index contributed by atoms with van der Waals surface area (Å²) >= 11 is 0. The molecule has 0 spiro atoms. The smallest absolute Gasteiger partial charge is 0.203 e. The van der Waals surface area contributed by atoms with E-state index in [2.05, 4.69) is 29.7 Å². The molecule has 2 aliphatic rings. The molecule has 2 atom stereocenters. The highest BCUT2D eigenvalue weighted by atomic mass is 16.5. The Balaban J connectivity index is 1.61. The number of ether oxygens (including phenoxy) is 4. The van der Waals surface area contributed by atoms with E-state index < -0.39 is 0 Å². The lowest BCUT2D eigenvalue weighted by molar-refractivity contribution is -0.0865. The van der Waals surface area contributed by atoms with Crippen LogP contribution >= 0.6 is 0 Å². The van der Waals surface area contributed by atoms with Crippen LogP contribution in [0, 0.1) is 0 Å². The van der Waals surface area contributed by atoms with Gasteiger partial charge in [-0.3, -0.25) is 9.80 Å². The van der Waals surface area contributed by atoms with Crippen LogP contribution in [0.15, 0.2) is 12.1 Å². The zero-order valence-corrected chi connectivity index (χ0v) is 17.4. The molecule has 0 unspecified atom stereocenters. The number of hydrogen-bond donors (Lipinski definition) is 0. The monoisotopic (exact) mass is 378 g/mol. The predicted molar refractivity (Wildman–Crippen MR) is 106 cm³/mol. The quantitative estimate of drug-likeness (QED) is 0.758. The van der Waals surface area contributed by atoms with Crippen LogP contribution in [0.25, 0.3) is 0 Å². The normalized spacial score (nSPS) is 25.4. The summed E-state index contributed by atoms with van der Waals surface area (Å²) in [6.45, 7) is 9.54. The van der Waals surface area contributed by atoms with Crippen molar-refractivity contribution in [2.24, 2.45) is 0 Å². The molecule has 2 heterocycles. The third-order valence-electron chi connectivity index (χ3n) is 5.70. The molecule has 0 aromatic heterocycles. The number of morpholine rings is 1. The standard InChI is InChI=1S/C21H34N2O4/c1-15-12-23(13-16(2)27-15)18-8-10-22(11-9-18)14-17-6-7-19(24-3)21(26-5)20(17)25-4/h6-7,15-16,18H,8-14H2,1-5H3/t15-,16+. The van der Waals surface area contributed by atoms with Gasteiger partial charge in [-0.2, -0.15) is 0 Å². The van der Waals surface area contributed by atoms with Crippen molar-refractivity contribution < 1.29 is 18.9 Å². The lowest BCUT2D eigenvalue weighted by Crippen LogP contribution is -2.53. The second kappa shape index (κ2) is 9.13. The molecule has 1 aromatic rings. The van der Waals surface area contributed by atoms with Crippen molar-refractivity contribution in [3.63, 3.8) is 0 Å². The van der Waals surface area contributed by atoms with E-state index in [0.717, 1.165) is 44.0 Å². The van der Waals surface area contributed by atoms with E-state index in [-0.39, 0.29) is 0 Å². The number of hydrogen-bond acceptors (Lipinski definition) is 6. The van der Waals surface area contributed by atoms with Crippen molar-refractivity contribution >= 4 is 0 Å². The van der Waals surface area contributed by atoms with Gasteiger partial charge in [0.2, 0.25) is 5.75 Å². The van der Waals surface area contributed by atoms with Crippen molar-refractivity contribution in [3.05, 3.63) is 17.7 Å². The highest BCUT2D eigenvalue weighted by Crippen LogP contribution is 2.40. The SMILES string of the molecule is COc1ccc(CN2CCC(N3C[C@@H](C)O[C@@H](C)C3)CC2)c(OC)c1OC. The Bertz CT molecular complexity index is 606. The zero-order valence-electron chi connectivity index (χ0n) is 17.4. The molecule has 0 saturated carbocycles. The molecule has 2 aliphatic heterocycles. The fraction of sp³-hybridized carbons (Fsp3) is 0.714. The molecule has 2 saturated heterocycles. The summed E-state index contributed by atoms with van der Waals surface area (Å²) in [5.74, 6) is 2.14. The first-order valence-corrected chi connectivity index (χ1v) is 9.95. The molecule has 1 aromatic carbocycles. The van der Waals surface area contributed by atoms with Crippen LogP contribution in [-0.4, -0.2) is 75.6 Å². The van der Waals surface area contributed by atoms with E-state index in [1.54, 1.807) is 21.3 Å². The van der Waals surface area contributed by atoms with Gasteiger partial charge in [0.15, 0.2) is 11.5 Å². The summed E-state index contributed by atoms with van der Waals surface area (Å²) in [6.07, 6.45) is 3.08. The van der Waals surface area contributed by atoms with Crippen LogP contribution < -0.4 is 14.2 Å². The maximum atomic E-state index is 5.89. The summed E-state index contributed by atoms with van der Waals surface area (Å²) in [6, 6.07) is 4.71. The summed E-state index contributed by atoms with van der Waals surface area (Å²) in [7, 11) is 4.99. The molecule has 2 fully saturated rings. The van der Waals surface area contributed by atoms with Crippen LogP contribution in [0.1, 0.15) is 32.3 Å². The molecular formula is C21H34N2O4. The second-order valence-corrected chi connectivity index (χ2v) is 7.71. The molecule has 0 N–H and O–H groups in total. The van der Waals surface area contributed by atoms with Crippen molar-refractivity contribution in [3.8, 4) is 17.2 Å². The third kappa shape index (κ3) is 4.68. The van der Waals surface area contributed by atoms with Crippen LogP contribution in [0.4, 0.5) is 0 Å². The fourth-order valence-electron chi connectivity index (χ4n) is 4.49. The first-order chi connectivity index (χ1) is 13.0. The largest absolute Gasteiger partial charge is 0.493 e. The first-order valence-electron chi connectivity index (χ1n) is 9.95. The second-order valence-electron chi connectivity index (χ2n) is 7.71. The Hall–Kier alpha value is -1.50. The Morgan fingerprint density at radius 3 is 2.11 bits per heavy atom. The van der Waals surface area contributed by atoms with Crippen molar-refractivity contribution in [1.29, 1.82) is 0 Å². The minimum Gasteiger partial charge on any atom is -0.493 e. The molecule has 0 bridgehead atoms. The molecule has 6 nitrogen and oxygen atoms in total. The molecule has 152 valence electrons. The Morgan fingerprint density at radius 1 is 0.926 bits per heavy atom. The predicted octanol–water partition coefficient (Wildman–Crippen LogP) is 2.79.